The topological polar surface area (TPSA) is 33.1 Å². The summed E-state index contributed by atoms with van der Waals surface area (Å²) in [5.74, 6) is -0.276. The molecule has 0 saturated heterocycles. The Bertz CT molecular complexity index is 599. The lowest BCUT2D eigenvalue weighted by atomic mass is 10.0. The Morgan fingerprint density at radius 2 is 2.28 bits per heavy atom. The number of thiazole rings is 1. The molecule has 3 rings (SSSR count). The van der Waals surface area contributed by atoms with Crippen molar-refractivity contribution >= 4 is 27.3 Å². The molecule has 1 aromatic heterocycles. The minimum absolute atomic E-state index is 0.276. The molecule has 0 fully saturated rings. The largest absolute Gasteiger partial charge is 0.387 e. The molecule has 5 heteroatoms. The van der Waals surface area contributed by atoms with Crippen LogP contribution in [0.3, 0.4) is 0 Å². The van der Waals surface area contributed by atoms with E-state index in [1.807, 2.05) is 0 Å². The minimum atomic E-state index is -0.467. The second-order valence-electron chi connectivity index (χ2n) is 4.36. The third-order valence-corrected chi connectivity index (χ3v) is 4.94. The van der Waals surface area contributed by atoms with Gasteiger partial charge in [0.25, 0.3) is 0 Å². The number of aryl methyl sites for hydroxylation is 1. The molecule has 18 heavy (non-hydrogen) atoms. The van der Waals surface area contributed by atoms with Gasteiger partial charge < -0.3 is 5.11 Å². The molecule has 1 unspecified atom stereocenters. The second-order valence-corrected chi connectivity index (χ2v) is 6.30. The summed E-state index contributed by atoms with van der Waals surface area (Å²) in [6, 6.07) is 4.57. The number of benzene rings is 1. The van der Waals surface area contributed by atoms with Crippen LogP contribution in [0.2, 0.25) is 0 Å². The second kappa shape index (κ2) is 4.72. The summed E-state index contributed by atoms with van der Waals surface area (Å²) < 4.78 is 14.1. The molecule has 1 aliphatic carbocycles. The highest BCUT2D eigenvalue weighted by Crippen LogP contribution is 2.39. The maximum absolute atomic E-state index is 13.3. The number of nitrogens with zero attached hydrogens (tertiary/aromatic N) is 1. The number of fused-ring (bicyclic) bond motifs is 1. The molecule has 0 aliphatic heterocycles. The van der Waals surface area contributed by atoms with Gasteiger partial charge in [0.1, 0.15) is 10.8 Å². The van der Waals surface area contributed by atoms with Gasteiger partial charge in [0.15, 0.2) is 0 Å². The SMILES string of the molecule is OC1CCCc2sc(-c3cc(F)ccc3Br)nc21. The van der Waals surface area contributed by atoms with Crippen molar-refractivity contribution in [2.75, 3.05) is 0 Å². The Kier molecular flexibility index (Phi) is 3.21. The maximum atomic E-state index is 13.3. The molecule has 94 valence electrons. The Labute approximate surface area is 117 Å². The molecule has 1 heterocycles. The van der Waals surface area contributed by atoms with Crippen LogP contribution >= 0.6 is 27.3 Å². The van der Waals surface area contributed by atoms with Gasteiger partial charge in [0.05, 0.1) is 11.8 Å². The molecular weight excluding hydrogens is 317 g/mol. The zero-order valence-corrected chi connectivity index (χ0v) is 11.9. The number of aliphatic hydroxyl groups is 1. The molecule has 2 aromatic rings. The van der Waals surface area contributed by atoms with Gasteiger partial charge in [-0.2, -0.15) is 0 Å². The van der Waals surface area contributed by atoms with Crippen LogP contribution in [-0.2, 0) is 6.42 Å². The fourth-order valence-corrected chi connectivity index (χ4v) is 3.93. The fraction of sp³-hybridized carbons (Fsp3) is 0.308. The van der Waals surface area contributed by atoms with Gasteiger partial charge >= 0.3 is 0 Å². The van der Waals surface area contributed by atoms with Gasteiger partial charge in [-0.1, -0.05) is 15.9 Å². The molecule has 1 N–H and O–H groups in total. The summed E-state index contributed by atoms with van der Waals surface area (Å²) in [6.45, 7) is 0. The summed E-state index contributed by atoms with van der Waals surface area (Å²) in [5, 5.41) is 10.7. The summed E-state index contributed by atoms with van der Waals surface area (Å²) in [4.78, 5) is 5.60. The number of aliphatic hydroxyl groups excluding tert-OH is 1. The molecule has 2 nitrogen and oxygen atoms in total. The van der Waals surface area contributed by atoms with Crippen molar-refractivity contribution in [1.29, 1.82) is 0 Å². The lowest BCUT2D eigenvalue weighted by molar-refractivity contribution is 0.153. The normalized spacial score (nSPS) is 18.7. The zero-order valence-electron chi connectivity index (χ0n) is 9.49. The molecule has 0 bridgehead atoms. The quantitative estimate of drug-likeness (QED) is 0.856. The Hall–Kier alpha value is -0.780. The van der Waals surface area contributed by atoms with Crippen molar-refractivity contribution in [1.82, 2.24) is 4.98 Å². The van der Waals surface area contributed by atoms with Gasteiger partial charge in [0.2, 0.25) is 0 Å². The van der Waals surface area contributed by atoms with Crippen LogP contribution in [-0.4, -0.2) is 10.1 Å². The standard InChI is InChI=1S/C13H11BrFNOS/c14-9-5-4-7(15)6-8(9)13-16-12-10(17)2-1-3-11(12)18-13/h4-6,10,17H,1-3H2. The number of aromatic nitrogens is 1. The highest BCUT2D eigenvalue weighted by Gasteiger charge is 2.23. The van der Waals surface area contributed by atoms with Crippen LogP contribution in [0.15, 0.2) is 22.7 Å². The number of hydrogen-bond acceptors (Lipinski definition) is 3. The van der Waals surface area contributed by atoms with E-state index in [1.54, 1.807) is 17.4 Å². The summed E-state index contributed by atoms with van der Waals surface area (Å²) >= 11 is 4.96. The van der Waals surface area contributed by atoms with Gasteiger partial charge in [-0.25, -0.2) is 9.37 Å². The molecule has 0 saturated carbocycles. The van der Waals surface area contributed by atoms with E-state index in [2.05, 4.69) is 20.9 Å². The first-order chi connectivity index (χ1) is 8.65. The van der Waals surface area contributed by atoms with Crippen molar-refractivity contribution < 1.29 is 9.50 Å². The molecule has 0 amide bonds. The van der Waals surface area contributed by atoms with Crippen molar-refractivity contribution in [2.24, 2.45) is 0 Å². The van der Waals surface area contributed by atoms with Crippen LogP contribution in [0.1, 0.15) is 29.5 Å². The van der Waals surface area contributed by atoms with Gasteiger partial charge in [-0.05, 0) is 37.5 Å². The van der Waals surface area contributed by atoms with E-state index < -0.39 is 6.10 Å². The molecular formula is C13H11BrFNOS. The monoisotopic (exact) mass is 327 g/mol. The average Bonchev–Trinajstić information content (AvgIpc) is 2.77. The van der Waals surface area contributed by atoms with Crippen LogP contribution in [0.25, 0.3) is 10.6 Å². The molecule has 0 radical (unpaired) electrons. The molecule has 1 aromatic carbocycles. The third kappa shape index (κ3) is 2.11. The van der Waals surface area contributed by atoms with Crippen LogP contribution in [0, 0.1) is 5.82 Å². The van der Waals surface area contributed by atoms with E-state index in [-0.39, 0.29) is 5.82 Å². The van der Waals surface area contributed by atoms with Gasteiger partial charge in [0, 0.05) is 14.9 Å². The van der Waals surface area contributed by atoms with E-state index in [0.717, 1.165) is 44.9 Å². The van der Waals surface area contributed by atoms with Crippen molar-refractivity contribution in [3.05, 3.63) is 39.1 Å². The number of hydrogen-bond donors (Lipinski definition) is 1. The van der Waals surface area contributed by atoms with Crippen molar-refractivity contribution in [3.8, 4) is 10.6 Å². The number of rotatable bonds is 1. The zero-order chi connectivity index (χ0) is 12.7. The molecule has 0 spiro atoms. The Morgan fingerprint density at radius 3 is 3.06 bits per heavy atom. The first kappa shape index (κ1) is 12.3. The third-order valence-electron chi connectivity index (χ3n) is 3.08. The minimum Gasteiger partial charge on any atom is -0.387 e. The van der Waals surface area contributed by atoms with Crippen LogP contribution in [0.5, 0.6) is 0 Å². The fourth-order valence-electron chi connectivity index (χ4n) is 2.17. The highest BCUT2D eigenvalue weighted by atomic mass is 79.9. The van der Waals surface area contributed by atoms with Crippen molar-refractivity contribution in [2.45, 2.75) is 25.4 Å². The highest BCUT2D eigenvalue weighted by molar-refractivity contribution is 9.10. The van der Waals surface area contributed by atoms with E-state index in [1.165, 1.54) is 12.1 Å². The summed E-state index contributed by atoms with van der Waals surface area (Å²) in [7, 11) is 0. The van der Waals surface area contributed by atoms with Crippen LogP contribution in [0.4, 0.5) is 4.39 Å². The first-order valence-electron chi connectivity index (χ1n) is 5.78. The smallest absolute Gasteiger partial charge is 0.125 e. The lowest BCUT2D eigenvalue weighted by Crippen LogP contribution is -2.07. The molecule has 1 atom stereocenters. The van der Waals surface area contributed by atoms with E-state index in [4.69, 9.17) is 0 Å². The molecule has 1 aliphatic rings. The first-order valence-corrected chi connectivity index (χ1v) is 7.39. The lowest BCUT2D eigenvalue weighted by Gasteiger charge is -2.14. The Morgan fingerprint density at radius 1 is 1.44 bits per heavy atom. The Balaban J connectivity index is 2.10. The van der Waals surface area contributed by atoms with E-state index >= 15 is 0 Å². The average molecular weight is 328 g/mol. The van der Waals surface area contributed by atoms with Crippen molar-refractivity contribution in [3.63, 3.8) is 0 Å². The number of halogens is 2. The van der Waals surface area contributed by atoms with Gasteiger partial charge in [-0.3, -0.25) is 0 Å². The maximum Gasteiger partial charge on any atom is 0.125 e. The predicted octanol–water partition coefficient (Wildman–Crippen LogP) is 4.08. The summed E-state index contributed by atoms with van der Waals surface area (Å²) in [6.07, 6.45) is 2.24. The van der Waals surface area contributed by atoms with E-state index in [0.29, 0.717) is 0 Å². The van der Waals surface area contributed by atoms with Gasteiger partial charge in [-0.15, -0.1) is 11.3 Å². The predicted molar refractivity (Wildman–Crippen MR) is 73.1 cm³/mol. The van der Waals surface area contributed by atoms with Crippen LogP contribution < -0.4 is 0 Å². The summed E-state index contributed by atoms with van der Waals surface area (Å²) in [5.41, 5.74) is 1.53. The van der Waals surface area contributed by atoms with E-state index in [9.17, 15) is 9.50 Å².